The lowest BCUT2D eigenvalue weighted by Crippen LogP contribution is -2.69. The van der Waals surface area contributed by atoms with Gasteiger partial charge in [-0.3, -0.25) is 25.1 Å². The Morgan fingerprint density at radius 2 is 1.98 bits per heavy atom. The number of likely N-dealkylation sites (tertiary alicyclic amines) is 1. The molecule has 2 aliphatic heterocycles. The standard InChI is InChI=1S/C31H29F3N8O2/c1-44-27-4-2-3-23(32)22(27)15-41-14-19(5-8-26(41)29(43)30-31(33,34)17-36-30)25-16-42(40-38-25)20-6-7-24-21(13-20)28(39-37-24)18-9-11-35-12-10-18/h2-4,6-7,9-13,16,19,26,30,36H,5,8,14-15,17H2,1H3,(H,37,39)/t19-,26+,30?/m1/s1. The van der Waals surface area contributed by atoms with Crippen molar-refractivity contribution < 1.29 is 22.7 Å². The van der Waals surface area contributed by atoms with Gasteiger partial charge in [0, 0.05) is 47.9 Å². The molecule has 0 radical (unpaired) electrons. The summed E-state index contributed by atoms with van der Waals surface area (Å²) in [6.07, 6.45) is 6.11. The van der Waals surface area contributed by atoms with Crippen LogP contribution in [0.2, 0.25) is 0 Å². The molecule has 44 heavy (non-hydrogen) atoms. The molecule has 3 aromatic heterocycles. The molecule has 0 bridgehead atoms. The van der Waals surface area contributed by atoms with Gasteiger partial charge in [0.1, 0.15) is 23.3 Å². The minimum absolute atomic E-state index is 0.0180. The monoisotopic (exact) mass is 602 g/mol. The molecule has 5 aromatic rings. The number of alkyl halides is 2. The van der Waals surface area contributed by atoms with E-state index >= 15 is 0 Å². The third-order valence-electron chi connectivity index (χ3n) is 8.61. The molecule has 10 nitrogen and oxygen atoms in total. The molecule has 0 aliphatic carbocycles. The summed E-state index contributed by atoms with van der Waals surface area (Å²) in [5, 5.41) is 19.9. The number of ether oxygens (including phenoxy) is 1. The zero-order valence-electron chi connectivity index (χ0n) is 23.8. The van der Waals surface area contributed by atoms with E-state index in [4.69, 9.17) is 4.74 Å². The van der Waals surface area contributed by atoms with Gasteiger partial charge in [0.25, 0.3) is 5.92 Å². The fraction of sp³-hybridized carbons (Fsp3) is 0.323. The highest BCUT2D eigenvalue weighted by molar-refractivity contribution is 5.94. The second kappa shape index (κ2) is 11.1. The molecule has 2 aliphatic rings. The molecule has 5 heterocycles. The van der Waals surface area contributed by atoms with Crippen molar-refractivity contribution in [1.29, 1.82) is 0 Å². The highest BCUT2D eigenvalue weighted by atomic mass is 19.3. The van der Waals surface area contributed by atoms with Crippen molar-refractivity contribution in [3.05, 3.63) is 84.2 Å². The van der Waals surface area contributed by atoms with Crippen LogP contribution in [0.5, 0.6) is 5.75 Å². The molecular weight excluding hydrogens is 573 g/mol. The molecule has 2 saturated heterocycles. The van der Waals surface area contributed by atoms with Crippen LogP contribution >= 0.6 is 0 Å². The Labute approximate surface area is 250 Å². The van der Waals surface area contributed by atoms with Crippen LogP contribution in [0, 0.1) is 5.82 Å². The topological polar surface area (TPSA) is 114 Å². The Kier molecular flexibility index (Phi) is 7.13. The first-order valence-corrected chi connectivity index (χ1v) is 14.3. The molecule has 2 N–H and O–H groups in total. The van der Waals surface area contributed by atoms with E-state index in [2.05, 4.69) is 30.8 Å². The quantitative estimate of drug-likeness (QED) is 0.271. The Balaban J connectivity index is 1.17. The average molecular weight is 603 g/mol. The lowest BCUT2D eigenvalue weighted by atomic mass is 9.84. The summed E-state index contributed by atoms with van der Waals surface area (Å²) in [4.78, 5) is 19.2. The highest BCUT2D eigenvalue weighted by Gasteiger charge is 2.55. The number of hydrogen-bond donors (Lipinski definition) is 2. The summed E-state index contributed by atoms with van der Waals surface area (Å²) in [6, 6.07) is 11.7. The van der Waals surface area contributed by atoms with E-state index in [9.17, 15) is 18.0 Å². The molecule has 2 aromatic carbocycles. The van der Waals surface area contributed by atoms with Crippen molar-refractivity contribution in [2.24, 2.45) is 0 Å². The fourth-order valence-electron chi connectivity index (χ4n) is 6.19. The molecular formula is C31H29F3N8O2. The molecule has 226 valence electrons. The van der Waals surface area contributed by atoms with E-state index in [1.807, 2.05) is 36.5 Å². The summed E-state index contributed by atoms with van der Waals surface area (Å²) in [5.74, 6) is -4.01. The van der Waals surface area contributed by atoms with Crippen LogP contribution in [-0.2, 0) is 11.3 Å². The predicted octanol–water partition coefficient (Wildman–Crippen LogP) is 4.28. The van der Waals surface area contributed by atoms with Gasteiger partial charge in [0.2, 0.25) is 0 Å². The summed E-state index contributed by atoms with van der Waals surface area (Å²) in [6.45, 7) is -0.209. The van der Waals surface area contributed by atoms with Gasteiger partial charge in [-0.05, 0) is 55.3 Å². The Morgan fingerprint density at radius 3 is 2.73 bits per heavy atom. The number of fused-ring (bicyclic) bond motifs is 1. The van der Waals surface area contributed by atoms with Gasteiger partial charge in [0.15, 0.2) is 5.78 Å². The van der Waals surface area contributed by atoms with Gasteiger partial charge < -0.3 is 4.74 Å². The summed E-state index contributed by atoms with van der Waals surface area (Å²) in [7, 11) is 1.44. The third kappa shape index (κ3) is 5.01. The maximum Gasteiger partial charge on any atom is 0.282 e. The summed E-state index contributed by atoms with van der Waals surface area (Å²) >= 11 is 0. The lowest BCUT2D eigenvalue weighted by Gasteiger charge is -2.43. The Bertz CT molecular complexity index is 1830. The molecule has 13 heteroatoms. The van der Waals surface area contributed by atoms with Crippen LogP contribution in [0.25, 0.3) is 27.8 Å². The summed E-state index contributed by atoms with van der Waals surface area (Å²) < 4.78 is 50.5. The number of hydrogen-bond acceptors (Lipinski definition) is 8. The van der Waals surface area contributed by atoms with E-state index in [-0.39, 0.29) is 18.0 Å². The van der Waals surface area contributed by atoms with Gasteiger partial charge in [-0.2, -0.15) is 5.10 Å². The Morgan fingerprint density at radius 1 is 1.14 bits per heavy atom. The molecule has 7 rings (SSSR count). The average Bonchev–Trinajstić information content (AvgIpc) is 3.70. The normalized spacial score (nSPS) is 21.7. The second-order valence-electron chi connectivity index (χ2n) is 11.2. The van der Waals surface area contributed by atoms with Crippen LogP contribution in [0.3, 0.4) is 0 Å². The maximum atomic E-state index is 15.0. The van der Waals surface area contributed by atoms with Crippen molar-refractivity contribution in [2.45, 2.75) is 43.3 Å². The number of piperidine rings is 1. The minimum Gasteiger partial charge on any atom is -0.496 e. The first-order chi connectivity index (χ1) is 21.3. The van der Waals surface area contributed by atoms with Gasteiger partial charge in [0.05, 0.1) is 42.8 Å². The zero-order valence-corrected chi connectivity index (χ0v) is 23.8. The van der Waals surface area contributed by atoms with Gasteiger partial charge in [-0.1, -0.05) is 11.3 Å². The third-order valence-corrected chi connectivity index (χ3v) is 8.61. The largest absolute Gasteiger partial charge is 0.496 e. The number of ketones is 1. The van der Waals surface area contributed by atoms with E-state index in [0.29, 0.717) is 30.8 Å². The fourth-order valence-corrected chi connectivity index (χ4v) is 6.19. The highest BCUT2D eigenvalue weighted by Crippen LogP contribution is 2.36. The van der Waals surface area contributed by atoms with Crippen LogP contribution in [0.4, 0.5) is 13.2 Å². The lowest BCUT2D eigenvalue weighted by molar-refractivity contribution is -0.151. The first-order valence-electron chi connectivity index (χ1n) is 14.3. The number of H-pyrrole nitrogens is 1. The van der Waals surface area contributed by atoms with Gasteiger partial charge in [-0.25, -0.2) is 17.9 Å². The number of methoxy groups -OCH3 is 1. The number of aromatic nitrogens is 6. The van der Waals surface area contributed by atoms with Crippen LogP contribution in [0.15, 0.2) is 67.1 Å². The molecule has 0 amide bonds. The van der Waals surface area contributed by atoms with Crippen LogP contribution < -0.4 is 10.1 Å². The molecule has 0 saturated carbocycles. The van der Waals surface area contributed by atoms with Gasteiger partial charge in [-0.15, -0.1) is 5.10 Å². The maximum absolute atomic E-state index is 15.0. The van der Waals surface area contributed by atoms with Crippen molar-refractivity contribution >= 4 is 16.7 Å². The minimum atomic E-state index is -3.11. The number of pyridine rings is 1. The number of halogens is 3. The molecule has 0 spiro atoms. The van der Waals surface area contributed by atoms with Crippen molar-refractivity contribution in [3.8, 4) is 22.7 Å². The van der Waals surface area contributed by atoms with Gasteiger partial charge >= 0.3 is 0 Å². The number of Topliss-reactive ketones (excluding diaryl/α,β-unsaturated/α-hetero) is 1. The number of aromatic amines is 1. The predicted molar refractivity (Wildman–Crippen MR) is 155 cm³/mol. The molecule has 1 unspecified atom stereocenters. The number of nitrogens with zero attached hydrogens (tertiary/aromatic N) is 6. The van der Waals surface area contributed by atoms with Crippen molar-refractivity contribution in [1.82, 2.24) is 40.4 Å². The number of carbonyl (C=O) groups excluding carboxylic acids is 1. The number of nitrogens with one attached hydrogen (secondary N) is 2. The van der Waals surface area contributed by atoms with Crippen LogP contribution in [0.1, 0.15) is 30.0 Å². The van der Waals surface area contributed by atoms with E-state index in [1.165, 1.54) is 19.2 Å². The van der Waals surface area contributed by atoms with E-state index in [0.717, 1.165) is 27.8 Å². The number of benzene rings is 2. The smallest absolute Gasteiger partial charge is 0.282 e. The van der Waals surface area contributed by atoms with Crippen molar-refractivity contribution in [2.75, 3.05) is 20.2 Å². The number of carbonyl (C=O) groups is 1. The van der Waals surface area contributed by atoms with E-state index in [1.54, 1.807) is 28.0 Å². The summed E-state index contributed by atoms with van der Waals surface area (Å²) in [5.41, 5.74) is 4.32. The Hall–Kier alpha value is -4.62. The SMILES string of the molecule is COc1cccc(F)c1CN1C[C@H](c2cn(-c3ccc4[nH]nc(-c5ccncc5)c4c3)nn2)CC[C@H]1C(=O)C1NCC1(F)F. The van der Waals surface area contributed by atoms with E-state index < -0.39 is 36.2 Å². The molecule has 3 atom stereocenters. The van der Waals surface area contributed by atoms with Crippen molar-refractivity contribution in [3.63, 3.8) is 0 Å². The van der Waals surface area contributed by atoms with Crippen LogP contribution in [-0.4, -0.2) is 79.1 Å². The molecule has 2 fully saturated rings. The first kappa shape index (κ1) is 28.2. The number of rotatable bonds is 8. The second-order valence-corrected chi connectivity index (χ2v) is 11.2. The zero-order chi connectivity index (χ0) is 30.4.